The van der Waals surface area contributed by atoms with Gasteiger partial charge in [0.1, 0.15) is 6.54 Å². The minimum atomic E-state index is -0.584. The van der Waals surface area contributed by atoms with Crippen LogP contribution >= 0.6 is 0 Å². The first kappa shape index (κ1) is 20.2. The first-order valence-electron chi connectivity index (χ1n) is 8.28. The summed E-state index contributed by atoms with van der Waals surface area (Å²) in [6.07, 6.45) is 1.01. The first-order chi connectivity index (χ1) is 11.3. The lowest BCUT2D eigenvalue weighted by molar-refractivity contribution is -0.128. The zero-order valence-corrected chi connectivity index (χ0v) is 15.4. The molecule has 0 bridgehead atoms. The van der Waals surface area contributed by atoms with Crippen molar-refractivity contribution in [1.82, 2.24) is 20.9 Å². The average Bonchev–Trinajstić information content (AvgIpc) is 3.06. The maximum Gasteiger partial charge on any atom is 0.243 e. The average molecular weight is 341 g/mol. The molecule has 0 aromatic rings. The van der Waals surface area contributed by atoms with Gasteiger partial charge < -0.3 is 25.6 Å². The van der Waals surface area contributed by atoms with Crippen LogP contribution in [0.2, 0.25) is 0 Å². The summed E-state index contributed by atoms with van der Waals surface area (Å²) >= 11 is 0. The number of amides is 2. The molecule has 1 heterocycles. The predicted octanol–water partition coefficient (Wildman–Crippen LogP) is -0.581. The number of likely N-dealkylation sites (N-methyl/N-ethyl adjacent to an activating group) is 1. The van der Waals surface area contributed by atoms with Gasteiger partial charge in [0.05, 0.1) is 12.0 Å². The number of aliphatic imine (C=N–C) groups is 1. The summed E-state index contributed by atoms with van der Waals surface area (Å²) in [6.45, 7) is 6.43. The highest BCUT2D eigenvalue weighted by Gasteiger charge is 2.27. The summed E-state index contributed by atoms with van der Waals surface area (Å²) in [5.41, 5.74) is -0.584. The summed E-state index contributed by atoms with van der Waals surface area (Å²) in [5, 5.41) is 9.06. The highest BCUT2D eigenvalue weighted by atomic mass is 16.5. The second-order valence-electron chi connectivity index (χ2n) is 6.88. The fourth-order valence-electron chi connectivity index (χ4n) is 2.17. The monoisotopic (exact) mass is 341 g/mol. The molecule has 1 unspecified atom stereocenters. The minimum Gasteiger partial charge on any atom is -0.381 e. The van der Waals surface area contributed by atoms with Crippen LogP contribution < -0.4 is 16.0 Å². The van der Waals surface area contributed by atoms with Crippen LogP contribution in [0.3, 0.4) is 0 Å². The molecule has 0 spiro atoms. The zero-order valence-electron chi connectivity index (χ0n) is 15.4. The minimum absolute atomic E-state index is 0.0529. The lowest BCUT2D eigenvalue weighted by atomic mass is 9.92. The molecular formula is C16H31N5O3. The molecule has 8 nitrogen and oxygen atoms in total. The van der Waals surface area contributed by atoms with E-state index in [0.717, 1.165) is 26.2 Å². The van der Waals surface area contributed by atoms with Crippen molar-refractivity contribution in [3.63, 3.8) is 0 Å². The number of guanidine groups is 1. The molecular weight excluding hydrogens is 310 g/mol. The number of nitrogens with zero attached hydrogens (tertiary/aromatic N) is 2. The second-order valence-corrected chi connectivity index (χ2v) is 6.88. The van der Waals surface area contributed by atoms with E-state index >= 15 is 0 Å². The fraction of sp³-hybridized carbons (Fsp3) is 0.812. The van der Waals surface area contributed by atoms with E-state index in [0.29, 0.717) is 18.4 Å². The molecule has 1 atom stereocenters. The molecule has 2 amide bonds. The van der Waals surface area contributed by atoms with E-state index in [1.807, 2.05) is 13.8 Å². The maximum absolute atomic E-state index is 11.9. The zero-order chi connectivity index (χ0) is 18.2. The van der Waals surface area contributed by atoms with Gasteiger partial charge >= 0.3 is 0 Å². The normalized spacial score (nSPS) is 18.2. The van der Waals surface area contributed by atoms with Crippen LogP contribution in [0.1, 0.15) is 20.3 Å². The van der Waals surface area contributed by atoms with E-state index in [-0.39, 0.29) is 18.4 Å². The number of ether oxygens (including phenoxy) is 1. The number of hydrogen-bond donors (Lipinski definition) is 3. The lowest BCUT2D eigenvalue weighted by Gasteiger charge is -2.24. The molecule has 24 heavy (non-hydrogen) atoms. The largest absolute Gasteiger partial charge is 0.381 e. The summed E-state index contributed by atoms with van der Waals surface area (Å²) in [4.78, 5) is 29.4. The smallest absolute Gasteiger partial charge is 0.243 e. The Hall–Kier alpha value is -1.83. The lowest BCUT2D eigenvalue weighted by Crippen LogP contribution is -2.48. The van der Waals surface area contributed by atoms with Crippen LogP contribution in [-0.4, -0.2) is 76.7 Å². The highest BCUT2D eigenvalue weighted by molar-refractivity contribution is 5.86. The van der Waals surface area contributed by atoms with Crippen molar-refractivity contribution in [2.24, 2.45) is 16.3 Å². The van der Waals surface area contributed by atoms with Gasteiger partial charge in [0.15, 0.2) is 5.96 Å². The quantitative estimate of drug-likeness (QED) is 0.425. The standard InChI is InChI=1S/C16H31N5O3/c1-16(2,14(23)17-3)11-20-15(19-9-13(22)21(4)5)18-8-12-6-7-24-10-12/h12H,6-11H2,1-5H3,(H,17,23)(H2,18,19,20). The van der Waals surface area contributed by atoms with Gasteiger partial charge in [0, 0.05) is 46.8 Å². The number of carbonyl (C=O) groups is 2. The van der Waals surface area contributed by atoms with Crippen molar-refractivity contribution in [3.05, 3.63) is 0 Å². The molecule has 1 fully saturated rings. The molecule has 1 aliphatic heterocycles. The van der Waals surface area contributed by atoms with Crippen molar-refractivity contribution >= 4 is 17.8 Å². The SMILES string of the molecule is CNC(=O)C(C)(C)CNC(=NCC(=O)N(C)C)NCC1CCOC1. The van der Waals surface area contributed by atoms with Crippen LogP contribution in [-0.2, 0) is 14.3 Å². The van der Waals surface area contributed by atoms with Gasteiger partial charge in [-0.25, -0.2) is 4.99 Å². The number of hydrogen-bond acceptors (Lipinski definition) is 4. The van der Waals surface area contributed by atoms with E-state index in [4.69, 9.17) is 4.74 Å². The van der Waals surface area contributed by atoms with E-state index in [2.05, 4.69) is 20.9 Å². The van der Waals surface area contributed by atoms with Gasteiger partial charge in [-0.15, -0.1) is 0 Å². The Morgan fingerprint density at radius 1 is 1.29 bits per heavy atom. The highest BCUT2D eigenvalue weighted by Crippen LogP contribution is 2.13. The summed E-state index contributed by atoms with van der Waals surface area (Å²) < 4.78 is 5.37. The number of nitrogens with one attached hydrogen (secondary N) is 3. The van der Waals surface area contributed by atoms with E-state index < -0.39 is 5.41 Å². The number of rotatable bonds is 7. The molecule has 1 saturated heterocycles. The van der Waals surface area contributed by atoms with Crippen LogP contribution in [0.15, 0.2) is 4.99 Å². The van der Waals surface area contributed by atoms with Crippen LogP contribution in [0.25, 0.3) is 0 Å². The Morgan fingerprint density at radius 3 is 2.54 bits per heavy atom. The summed E-state index contributed by atoms with van der Waals surface area (Å²) in [7, 11) is 5.01. The van der Waals surface area contributed by atoms with Gasteiger partial charge in [0.25, 0.3) is 0 Å². The van der Waals surface area contributed by atoms with Crippen molar-refractivity contribution in [2.75, 3.05) is 54.0 Å². The first-order valence-corrected chi connectivity index (χ1v) is 8.28. The van der Waals surface area contributed by atoms with E-state index in [1.54, 1.807) is 21.1 Å². The molecule has 0 aromatic carbocycles. The van der Waals surface area contributed by atoms with Crippen molar-refractivity contribution in [2.45, 2.75) is 20.3 Å². The topological polar surface area (TPSA) is 95.1 Å². The summed E-state index contributed by atoms with van der Waals surface area (Å²) in [6, 6.07) is 0. The Labute approximate surface area is 144 Å². The molecule has 1 rings (SSSR count). The maximum atomic E-state index is 11.9. The van der Waals surface area contributed by atoms with Gasteiger partial charge in [-0.3, -0.25) is 9.59 Å². The Morgan fingerprint density at radius 2 is 2.00 bits per heavy atom. The molecule has 0 aromatic heterocycles. The predicted molar refractivity (Wildman–Crippen MR) is 93.8 cm³/mol. The van der Waals surface area contributed by atoms with Gasteiger partial charge in [-0.05, 0) is 20.3 Å². The van der Waals surface area contributed by atoms with Gasteiger partial charge in [-0.1, -0.05) is 0 Å². The fourth-order valence-corrected chi connectivity index (χ4v) is 2.17. The van der Waals surface area contributed by atoms with Crippen molar-refractivity contribution in [3.8, 4) is 0 Å². The Kier molecular flexibility index (Phi) is 7.97. The third-order valence-corrected chi connectivity index (χ3v) is 3.99. The van der Waals surface area contributed by atoms with Crippen LogP contribution in [0.5, 0.6) is 0 Å². The third-order valence-electron chi connectivity index (χ3n) is 3.99. The Bertz CT molecular complexity index is 457. The molecule has 138 valence electrons. The van der Waals surface area contributed by atoms with Gasteiger partial charge in [-0.2, -0.15) is 0 Å². The molecule has 1 aliphatic rings. The Balaban J connectivity index is 2.63. The molecule has 3 N–H and O–H groups in total. The van der Waals surface area contributed by atoms with Crippen molar-refractivity contribution < 1.29 is 14.3 Å². The third kappa shape index (κ3) is 6.74. The van der Waals surface area contributed by atoms with Gasteiger partial charge in [0.2, 0.25) is 11.8 Å². The summed E-state index contributed by atoms with van der Waals surface area (Å²) in [5.74, 6) is 0.844. The molecule has 0 saturated carbocycles. The van der Waals surface area contributed by atoms with Crippen LogP contribution in [0, 0.1) is 11.3 Å². The molecule has 0 radical (unpaired) electrons. The number of carbonyl (C=O) groups excluding carboxylic acids is 2. The molecule has 0 aliphatic carbocycles. The van der Waals surface area contributed by atoms with E-state index in [9.17, 15) is 9.59 Å². The van der Waals surface area contributed by atoms with E-state index in [1.165, 1.54) is 4.90 Å². The van der Waals surface area contributed by atoms with Crippen molar-refractivity contribution in [1.29, 1.82) is 0 Å². The second kappa shape index (κ2) is 9.46. The van der Waals surface area contributed by atoms with Crippen LogP contribution in [0.4, 0.5) is 0 Å². The molecule has 8 heteroatoms.